The summed E-state index contributed by atoms with van der Waals surface area (Å²) in [6.45, 7) is 8.13. The maximum atomic E-state index is 10.1. The highest BCUT2D eigenvalue weighted by molar-refractivity contribution is 5.40. The van der Waals surface area contributed by atoms with Crippen LogP contribution in [-0.2, 0) is 6.54 Å². The van der Waals surface area contributed by atoms with E-state index in [4.69, 9.17) is 9.47 Å². The largest absolute Gasteiger partial charge is 0.497 e. The minimum Gasteiger partial charge on any atom is -0.497 e. The second kappa shape index (κ2) is 5.80. The van der Waals surface area contributed by atoms with Crippen molar-refractivity contribution in [1.29, 1.82) is 0 Å². The summed E-state index contributed by atoms with van der Waals surface area (Å²) < 4.78 is 10.6. The minimum absolute atomic E-state index is 0.416. The van der Waals surface area contributed by atoms with Gasteiger partial charge >= 0.3 is 0 Å². The van der Waals surface area contributed by atoms with Crippen LogP contribution >= 0.6 is 0 Å². The van der Waals surface area contributed by atoms with Crippen LogP contribution in [0.3, 0.4) is 0 Å². The van der Waals surface area contributed by atoms with Crippen molar-refractivity contribution in [3.63, 3.8) is 0 Å². The quantitative estimate of drug-likeness (QED) is 0.830. The molecule has 19 heavy (non-hydrogen) atoms. The fourth-order valence-electron chi connectivity index (χ4n) is 1.55. The Morgan fingerprint density at radius 2 is 1.74 bits per heavy atom. The Balaban J connectivity index is 2.87. The number of methoxy groups -OCH3 is 2. The van der Waals surface area contributed by atoms with Gasteiger partial charge in [0, 0.05) is 17.6 Å². The van der Waals surface area contributed by atoms with Gasteiger partial charge in [-0.05, 0) is 45.9 Å². The first-order valence-corrected chi connectivity index (χ1v) is 6.39. The first kappa shape index (κ1) is 15.8. The predicted molar refractivity (Wildman–Crippen MR) is 76.8 cm³/mol. The number of aliphatic hydroxyl groups is 1. The smallest absolute Gasteiger partial charge is 0.123 e. The summed E-state index contributed by atoms with van der Waals surface area (Å²) >= 11 is 0. The maximum absolute atomic E-state index is 10.1. The molecule has 4 nitrogen and oxygen atoms in total. The molecule has 0 bridgehead atoms. The standard InChI is InChI=1S/C15H25NO3/c1-14(2,15(3,4)17)16-10-11-9-12(18-5)7-8-13(11)19-6/h7-9,16-17H,10H2,1-6H3. The first-order chi connectivity index (χ1) is 8.71. The zero-order valence-electron chi connectivity index (χ0n) is 12.7. The second-order valence-corrected chi connectivity index (χ2v) is 5.72. The summed E-state index contributed by atoms with van der Waals surface area (Å²) in [7, 11) is 3.28. The molecular weight excluding hydrogens is 242 g/mol. The van der Waals surface area contributed by atoms with Gasteiger partial charge < -0.3 is 19.9 Å². The molecule has 0 fully saturated rings. The number of hydrogen-bond donors (Lipinski definition) is 2. The van der Waals surface area contributed by atoms with Crippen molar-refractivity contribution in [2.75, 3.05) is 14.2 Å². The third-order valence-electron chi connectivity index (χ3n) is 3.74. The van der Waals surface area contributed by atoms with E-state index in [1.165, 1.54) is 0 Å². The van der Waals surface area contributed by atoms with Crippen molar-refractivity contribution in [2.45, 2.75) is 45.4 Å². The maximum Gasteiger partial charge on any atom is 0.123 e. The number of rotatable bonds is 6. The molecule has 1 aromatic carbocycles. The summed E-state index contributed by atoms with van der Waals surface area (Å²) in [4.78, 5) is 0. The molecule has 0 heterocycles. The highest BCUT2D eigenvalue weighted by Crippen LogP contribution is 2.26. The normalized spacial score (nSPS) is 12.4. The van der Waals surface area contributed by atoms with Crippen molar-refractivity contribution >= 4 is 0 Å². The third kappa shape index (κ3) is 3.85. The van der Waals surface area contributed by atoms with Gasteiger partial charge in [0.2, 0.25) is 0 Å². The zero-order valence-corrected chi connectivity index (χ0v) is 12.7. The van der Waals surface area contributed by atoms with E-state index in [1.807, 2.05) is 32.0 Å². The number of hydrogen-bond acceptors (Lipinski definition) is 4. The Labute approximate surface area is 115 Å². The van der Waals surface area contributed by atoms with Gasteiger partial charge in [-0.25, -0.2) is 0 Å². The lowest BCUT2D eigenvalue weighted by atomic mass is 9.86. The molecule has 0 aliphatic heterocycles. The van der Waals surface area contributed by atoms with Crippen LogP contribution in [0.1, 0.15) is 33.3 Å². The lowest BCUT2D eigenvalue weighted by molar-refractivity contribution is -0.00539. The molecule has 0 saturated carbocycles. The molecule has 0 spiro atoms. The van der Waals surface area contributed by atoms with Gasteiger partial charge in [0.15, 0.2) is 0 Å². The fraction of sp³-hybridized carbons (Fsp3) is 0.600. The van der Waals surface area contributed by atoms with Crippen molar-refractivity contribution in [3.8, 4) is 11.5 Å². The van der Waals surface area contributed by atoms with Crippen molar-refractivity contribution in [3.05, 3.63) is 23.8 Å². The monoisotopic (exact) mass is 267 g/mol. The van der Waals surface area contributed by atoms with Crippen LogP contribution in [0.5, 0.6) is 11.5 Å². The molecule has 4 heteroatoms. The van der Waals surface area contributed by atoms with E-state index < -0.39 is 11.1 Å². The first-order valence-electron chi connectivity index (χ1n) is 6.39. The summed E-state index contributed by atoms with van der Waals surface area (Å²) in [6.07, 6.45) is 0. The van der Waals surface area contributed by atoms with Gasteiger partial charge in [-0.1, -0.05) is 0 Å². The van der Waals surface area contributed by atoms with Crippen LogP contribution in [0.15, 0.2) is 18.2 Å². The van der Waals surface area contributed by atoms with Crippen molar-refractivity contribution < 1.29 is 14.6 Å². The predicted octanol–water partition coefficient (Wildman–Crippen LogP) is 2.34. The van der Waals surface area contributed by atoms with Gasteiger partial charge in [0.25, 0.3) is 0 Å². The van der Waals surface area contributed by atoms with Gasteiger partial charge in [-0.2, -0.15) is 0 Å². The highest BCUT2D eigenvalue weighted by Gasteiger charge is 2.34. The van der Waals surface area contributed by atoms with E-state index in [2.05, 4.69) is 5.32 Å². The Bertz CT molecular complexity index is 422. The Morgan fingerprint density at radius 3 is 2.21 bits per heavy atom. The molecule has 1 aromatic rings. The average molecular weight is 267 g/mol. The topological polar surface area (TPSA) is 50.7 Å². The molecule has 0 atom stereocenters. The summed E-state index contributed by atoms with van der Waals surface area (Å²) in [5.74, 6) is 1.60. The van der Waals surface area contributed by atoms with E-state index >= 15 is 0 Å². The van der Waals surface area contributed by atoms with E-state index in [0.717, 1.165) is 17.1 Å². The molecule has 0 radical (unpaired) electrons. The second-order valence-electron chi connectivity index (χ2n) is 5.72. The average Bonchev–Trinajstić information content (AvgIpc) is 2.34. The summed E-state index contributed by atoms with van der Waals surface area (Å²) in [5.41, 5.74) is -0.237. The number of ether oxygens (including phenoxy) is 2. The van der Waals surface area contributed by atoms with E-state index in [1.54, 1.807) is 28.1 Å². The van der Waals surface area contributed by atoms with Gasteiger partial charge in [0.05, 0.1) is 19.8 Å². The van der Waals surface area contributed by atoms with E-state index in [9.17, 15) is 5.11 Å². The molecule has 0 saturated heterocycles. The van der Waals surface area contributed by atoms with E-state index in [-0.39, 0.29) is 0 Å². The van der Waals surface area contributed by atoms with Crippen LogP contribution in [0.2, 0.25) is 0 Å². The molecule has 0 amide bonds. The highest BCUT2D eigenvalue weighted by atomic mass is 16.5. The Hall–Kier alpha value is -1.26. The molecule has 0 unspecified atom stereocenters. The lowest BCUT2D eigenvalue weighted by Gasteiger charge is -2.38. The van der Waals surface area contributed by atoms with Crippen molar-refractivity contribution in [1.82, 2.24) is 5.32 Å². The molecule has 108 valence electrons. The molecule has 0 aliphatic rings. The summed E-state index contributed by atoms with van der Waals surface area (Å²) in [5, 5.41) is 13.5. The molecule has 2 N–H and O–H groups in total. The van der Waals surface area contributed by atoms with E-state index in [0.29, 0.717) is 6.54 Å². The number of nitrogens with one attached hydrogen (secondary N) is 1. The van der Waals surface area contributed by atoms with Crippen LogP contribution in [-0.4, -0.2) is 30.5 Å². The molecule has 1 rings (SSSR count). The fourth-order valence-corrected chi connectivity index (χ4v) is 1.55. The van der Waals surface area contributed by atoms with Gasteiger partial charge in [0.1, 0.15) is 11.5 Å². The van der Waals surface area contributed by atoms with Gasteiger partial charge in [-0.3, -0.25) is 0 Å². The molecular formula is C15H25NO3. The third-order valence-corrected chi connectivity index (χ3v) is 3.74. The lowest BCUT2D eigenvalue weighted by Crippen LogP contribution is -2.55. The Morgan fingerprint density at radius 1 is 1.11 bits per heavy atom. The van der Waals surface area contributed by atoms with Crippen molar-refractivity contribution in [2.24, 2.45) is 0 Å². The van der Waals surface area contributed by atoms with Crippen LogP contribution in [0, 0.1) is 0 Å². The molecule has 0 aromatic heterocycles. The van der Waals surface area contributed by atoms with Crippen LogP contribution < -0.4 is 14.8 Å². The SMILES string of the molecule is COc1ccc(OC)c(CNC(C)(C)C(C)(C)O)c1. The van der Waals surface area contributed by atoms with Crippen LogP contribution in [0.4, 0.5) is 0 Å². The van der Waals surface area contributed by atoms with Crippen LogP contribution in [0.25, 0.3) is 0 Å². The Kier molecular flexibility index (Phi) is 4.82. The van der Waals surface area contributed by atoms with Gasteiger partial charge in [-0.15, -0.1) is 0 Å². The minimum atomic E-state index is -0.820. The number of benzene rings is 1. The molecule has 0 aliphatic carbocycles. The summed E-state index contributed by atoms with van der Waals surface area (Å²) in [6, 6.07) is 5.68. The zero-order chi connectivity index (χ0) is 14.7.